The van der Waals surface area contributed by atoms with Gasteiger partial charge in [-0.15, -0.1) is 0 Å². The van der Waals surface area contributed by atoms with Gasteiger partial charge in [-0.25, -0.2) is 0 Å². The average Bonchev–Trinajstić information content (AvgIpc) is 2.79. The molecule has 1 aliphatic rings. The van der Waals surface area contributed by atoms with E-state index in [2.05, 4.69) is 29.1 Å². The SMILES string of the molecule is CCCCCCCCN1C=CN(CCCN)C1. The molecule has 0 aromatic rings. The Kier molecular flexibility index (Phi) is 7.89. The fourth-order valence-electron chi connectivity index (χ4n) is 2.20. The highest BCUT2D eigenvalue weighted by molar-refractivity contribution is 4.90. The second-order valence-corrected chi connectivity index (χ2v) is 4.97. The summed E-state index contributed by atoms with van der Waals surface area (Å²) in [6, 6.07) is 0. The van der Waals surface area contributed by atoms with Gasteiger partial charge in [0.2, 0.25) is 0 Å². The number of unbranched alkanes of at least 4 members (excludes halogenated alkanes) is 5. The Morgan fingerprint density at radius 1 is 0.882 bits per heavy atom. The fourth-order valence-corrected chi connectivity index (χ4v) is 2.20. The van der Waals surface area contributed by atoms with Crippen molar-refractivity contribution in [3.63, 3.8) is 0 Å². The van der Waals surface area contributed by atoms with Gasteiger partial charge >= 0.3 is 0 Å². The molecule has 0 aromatic heterocycles. The van der Waals surface area contributed by atoms with Gasteiger partial charge < -0.3 is 15.5 Å². The highest BCUT2D eigenvalue weighted by Gasteiger charge is 2.10. The molecule has 0 aliphatic carbocycles. The third kappa shape index (κ3) is 6.57. The monoisotopic (exact) mass is 239 g/mol. The first-order chi connectivity index (χ1) is 8.36. The van der Waals surface area contributed by atoms with Crippen LogP contribution in [0.3, 0.4) is 0 Å². The van der Waals surface area contributed by atoms with Crippen LogP contribution in [0.15, 0.2) is 12.4 Å². The lowest BCUT2D eigenvalue weighted by Gasteiger charge is -2.20. The number of nitrogens with zero attached hydrogens (tertiary/aromatic N) is 2. The largest absolute Gasteiger partial charge is 0.359 e. The summed E-state index contributed by atoms with van der Waals surface area (Å²) in [5, 5.41) is 0. The van der Waals surface area contributed by atoms with Gasteiger partial charge in [0, 0.05) is 25.5 Å². The van der Waals surface area contributed by atoms with E-state index in [1.165, 1.54) is 45.1 Å². The molecule has 0 bridgehead atoms. The minimum absolute atomic E-state index is 0.793. The van der Waals surface area contributed by atoms with Crippen LogP contribution >= 0.6 is 0 Å². The molecule has 17 heavy (non-hydrogen) atoms. The minimum atomic E-state index is 0.793. The molecular formula is C14H29N3. The Labute approximate surface area is 107 Å². The molecular weight excluding hydrogens is 210 g/mol. The second kappa shape index (κ2) is 9.34. The van der Waals surface area contributed by atoms with E-state index in [0.717, 1.165) is 26.2 Å². The lowest BCUT2D eigenvalue weighted by Crippen LogP contribution is -2.27. The maximum absolute atomic E-state index is 5.52. The third-order valence-electron chi connectivity index (χ3n) is 3.30. The van der Waals surface area contributed by atoms with E-state index in [1.807, 2.05) is 0 Å². The van der Waals surface area contributed by atoms with E-state index < -0.39 is 0 Å². The first kappa shape index (κ1) is 14.4. The van der Waals surface area contributed by atoms with Crippen LogP contribution in [0, 0.1) is 0 Å². The van der Waals surface area contributed by atoms with Crippen LogP contribution in [-0.4, -0.2) is 36.1 Å². The number of nitrogens with two attached hydrogens (primary N) is 1. The Balaban J connectivity index is 1.93. The summed E-state index contributed by atoms with van der Waals surface area (Å²) in [5.74, 6) is 0. The van der Waals surface area contributed by atoms with Crippen molar-refractivity contribution in [3.8, 4) is 0 Å². The van der Waals surface area contributed by atoms with Crippen LogP contribution in [-0.2, 0) is 0 Å². The number of rotatable bonds is 10. The summed E-state index contributed by atoms with van der Waals surface area (Å²) in [6.07, 6.45) is 13.8. The first-order valence-corrected chi connectivity index (χ1v) is 7.23. The summed E-state index contributed by atoms with van der Waals surface area (Å²) in [7, 11) is 0. The molecule has 1 rings (SSSR count). The molecule has 0 saturated carbocycles. The Hall–Kier alpha value is -0.700. The molecule has 0 spiro atoms. The molecule has 100 valence electrons. The fraction of sp³-hybridized carbons (Fsp3) is 0.857. The van der Waals surface area contributed by atoms with Crippen LogP contribution in [0.5, 0.6) is 0 Å². The maximum Gasteiger partial charge on any atom is 0.0893 e. The molecule has 1 aliphatic heterocycles. The predicted octanol–water partition coefficient (Wildman–Crippen LogP) is 2.74. The summed E-state index contributed by atoms with van der Waals surface area (Å²) in [5.41, 5.74) is 5.52. The summed E-state index contributed by atoms with van der Waals surface area (Å²) in [6.45, 7) is 6.43. The molecule has 3 nitrogen and oxygen atoms in total. The van der Waals surface area contributed by atoms with E-state index in [4.69, 9.17) is 5.73 Å². The van der Waals surface area contributed by atoms with Crippen molar-refractivity contribution in [3.05, 3.63) is 12.4 Å². The molecule has 0 saturated heterocycles. The second-order valence-electron chi connectivity index (χ2n) is 4.97. The van der Waals surface area contributed by atoms with Crippen molar-refractivity contribution in [2.75, 3.05) is 26.3 Å². The van der Waals surface area contributed by atoms with E-state index >= 15 is 0 Å². The molecule has 2 N–H and O–H groups in total. The van der Waals surface area contributed by atoms with Crippen LogP contribution in [0.1, 0.15) is 51.9 Å². The van der Waals surface area contributed by atoms with Crippen molar-refractivity contribution in [1.82, 2.24) is 9.80 Å². The van der Waals surface area contributed by atoms with Crippen molar-refractivity contribution in [1.29, 1.82) is 0 Å². The van der Waals surface area contributed by atoms with Gasteiger partial charge in [0.15, 0.2) is 0 Å². The minimum Gasteiger partial charge on any atom is -0.359 e. The van der Waals surface area contributed by atoms with Gasteiger partial charge in [0.05, 0.1) is 6.67 Å². The molecule has 0 radical (unpaired) electrons. The lowest BCUT2D eigenvalue weighted by atomic mass is 10.1. The van der Waals surface area contributed by atoms with Crippen molar-refractivity contribution >= 4 is 0 Å². The number of hydrogen-bond donors (Lipinski definition) is 1. The highest BCUT2D eigenvalue weighted by atomic mass is 15.3. The zero-order valence-electron chi connectivity index (χ0n) is 11.4. The van der Waals surface area contributed by atoms with Crippen LogP contribution < -0.4 is 5.73 Å². The lowest BCUT2D eigenvalue weighted by molar-refractivity contribution is 0.260. The Morgan fingerprint density at radius 2 is 1.47 bits per heavy atom. The highest BCUT2D eigenvalue weighted by Crippen LogP contribution is 2.10. The van der Waals surface area contributed by atoms with Gasteiger partial charge in [-0.05, 0) is 19.4 Å². The van der Waals surface area contributed by atoms with Gasteiger partial charge in [-0.1, -0.05) is 39.0 Å². The van der Waals surface area contributed by atoms with Gasteiger partial charge in [0.1, 0.15) is 0 Å². The smallest absolute Gasteiger partial charge is 0.0893 e. The van der Waals surface area contributed by atoms with Crippen LogP contribution in [0.2, 0.25) is 0 Å². The summed E-state index contributed by atoms with van der Waals surface area (Å²) in [4.78, 5) is 4.76. The van der Waals surface area contributed by atoms with Crippen molar-refractivity contribution in [2.45, 2.75) is 51.9 Å². The standard InChI is InChI=1S/C14H29N3/c1-2-3-4-5-6-7-10-16-12-13-17(14-16)11-8-9-15/h12-13H,2-11,14-15H2,1H3. The molecule has 0 unspecified atom stereocenters. The van der Waals surface area contributed by atoms with E-state index in [1.54, 1.807) is 0 Å². The molecule has 0 atom stereocenters. The van der Waals surface area contributed by atoms with Gasteiger partial charge in [-0.3, -0.25) is 0 Å². The Bertz CT molecular complexity index is 204. The first-order valence-electron chi connectivity index (χ1n) is 7.23. The summed E-state index contributed by atoms with van der Waals surface area (Å²) >= 11 is 0. The summed E-state index contributed by atoms with van der Waals surface area (Å²) < 4.78 is 0. The average molecular weight is 239 g/mol. The van der Waals surface area contributed by atoms with E-state index in [-0.39, 0.29) is 0 Å². The zero-order chi connectivity index (χ0) is 12.3. The van der Waals surface area contributed by atoms with Crippen LogP contribution in [0.25, 0.3) is 0 Å². The Morgan fingerprint density at radius 3 is 2.12 bits per heavy atom. The van der Waals surface area contributed by atoms with E-state index in [9.17, 15) is 0 Å². The quantitative estimate of drug-likeness (QED) is 0.595. The maximum atomic E-state index is 5.52. The predicted molar refractivity (Wildman–Crippen MR) is 74.5 cm³/mol. The molecule has 0 amide bonds. The molecule has 3 heteroatoms. The molecule has 0 fully saturated rings. The topological polar surface area (TPSA) is 32.5 Å². The molecule has 1 heterocycles. The zero-order valence-corrected chi connectivity index (χ0v) is 11.4. The van der Waals surface area contributed by atoms with Gasteiger partial charge in [-0.2, -0.15) is 0 Å². The molecule has 0 aromatic carbocycles. The normalized spacial score (nSPS) is 14.9. The van der Waals surface area contributed by atoms with Gasteiger partial charge in [0.25, 0.3) is 0 Å². The van der Waals surface area contributed by atoms with E-state index in [0.29, 0.717) is 0 Å². The van der Waals surface area contributed by atoms with Crippen molar-refractivity contribution < 1.29 is 0 Å². The van der Waals surface area contributed by atoms with Crippen LogP contribution in [0.4, 0.5) is 0 Å². The van der Waals surface area contributed by atoms with Crippen molar-refractivity contribution in [2.24, 2.45) is 5.73 Å². The number of hydrogen-bond acceptors (Lipinski definition) is 3. The third-order valence-corrected chi connectivity index (χ3v) is 3.30.